The second-order valence-electron chi connectivity index (χ2n) is 4.43. The van der Waals surface area contributed by atoms with Gasteiger partial charge in [-0.25, -0.2) is 9.97 Å². The van der Waals surface area contributed by atoms with Crippen molar-refractivity contribution >= 4 is 5.82 Å². The first-order valence-corrected chi connectivity index (χ1v) is 6.57. The average molecular weight is 273 g/mol. The van der Waals surface area contributed by atoms with E-state index in [1.165, 1.54) is 0 Å². The number of rotatable bonds is 6. The highest BCUT2D eigenvalue weighted by Gasteiger charge is 2.05. The van der Waals surface area contributed by atoms with E-state index in [1.807, 2.05) is 44.3 Å². The van der Waals surface area contributed by atoms with Crippen molar-refractivity contribution in [1.82, 2.24) is 9.97 Å². The zero-order chi connectivity index (χ0) is 14.4. The third-order valence-corrected chi connectivity index (χ3v) is 2.87. The van der Waals surface area contributed by atoms with Crippen LogP contribution in [0.3, 0.4) is 0 Å². The Bertz CT molecular complexity index is 573. The molecule has 20 heavy (non-hydrogen) atoms. The Hall–Kier alpha value is -2.14. The maximum absolute atomic E-state index is 9.05. The second-order valence-corrected chi connectivity index (χ2v) is 4.43. The van der Waals surface area contributed by atoms with Gasteiger partial charge in [-0.15, -0.1) is 0 Å². The van der Waals surface area contributed by atoms with Crippen molar-refractivity contribution in [3.05, 3.63) is 47.4 Å². The number of aliphatic hydroxyl groups is 1. The molecule has 0 atom stereocenters. The number of aryl methyl sites for hydroxylation is 1. The molecule has 0 radical (unpaired) electrons. The number of nitrogens with zero attached hydrogens (tertiary/aromatic N) is 2. The highest BCUT2D eigenvalue weighted by atomic mass is 16.5. The number of ether oxygens (including phenoxy) is 1. The summed E-state index contributed by atoms with van der Waals surface area (Å²) in [5.74, 6) is 2.17. The van der Waals surface area contributed by atoms with Crippen LogP contribution in [-0.2, 0) is 13.0 Å². The third kappa shape index (κ3) is 3.68. The highest BCUT2D eigenvalue weighted by Crippen LogP contribution is 2.19. The molecule has 0 fully saturated rings. The Morgan fingerprint density at radius 1 is 1.25 bits per heavy atom. The molecule has 0 bridgehead atoms. The smallest absolute Gasteiger partial charge is 0.168 e. The summed E-state index contributed by atoms with van der Waals surface area (Å²) >= 11 is 0. The van der Waals surface area contributed by atoms with E-state index in [0.717, 1.165) is 22.8 Å². The van der Waals surface area contributed by atoms with Gasteiger partial charge in [0.05, 0.1) is 0 Å². The van der Waals surface area contributed by atoms with Crippen LogP contribution in [0.5, 0.6) is 5.75 Å². The van der Waals surface area contributed by atoms with Gasteiger partial charge in [-0.2, -0.15) is 0 Å². The fourth-order valence-electron chi connectivity index (χ4n) is 1.94. The van der Waals surface area contributed by atoms with Crippen LogP contribution in [0.4, 0.5) is 5.82 Å². The zero-order valence-electron chi connectivity index (χ0n) is 11.8. The fraction of sp³-hybridized carbons (Fsp3) is 0.333. The lowest BCUT2D eigenvalue weighted by atomic mass is 10.1. The number of aromatic nitrogens is 2. The largest absolute Gasteiger partial charge is 0.485 e. The van der Waals surface area contributed by atoms with E-state index in [4.69, 9.17) is 9.84 Å². The molecule has 0 saturated carbocycles. The number of nitrogens with one attached hydrogen (secondary N) is 1. The van der Waals surface area contributed by atoms with Crippen LogP contribution in [0, 0.1) is 6.92 Å². The Morgan fingerprint density at radius 2 is 2.05 bits per heavy atom. The van der Waals surface area contributed by atoms with E-state index in [0.29, 0.717) is 18.9 Å². The minimum atomic E-state index is 0.102. The standard InChI is InChI=1S/C15H19N3O2/c1-11-9-14(16-2)18-15(17-11)10-20-13-6-4-3-5-12(13)7-8-19/h3-6,9,19H,7-8,10H2,1-2H3,(H,16,17,18). The molecule has 1 aromatic heterocycles. The van der Waals surface area contributed by atoms with E-state index in [1.54, 1.807) is 0 Å². The molecule has 0 saturated heterocycles. The van der Waals surface area contributed by atoms with Crippen molar-refractivity contribution < 1.29 is 9.84 Å². The summed E-state index contributed by atoms with van der Waals surface area (Å²) in [5.41, 5.74) is 1.88. The molecule has 2 aromatic rings. The number of hydrogen-bond donors (Lipinski definition) is 2. The van der Waals surface area contributed by atoms with Crippen LogP contribution in [-0.4, -0.2) is 28.7 Å². The lowest BCUT2D eigenvalue weighted by molar-refractivity contribution is 0.279. The molecule has 0 aliphatic carbocycles. The second kappa shape index (κ2) is 6.86. The predicted octanol–water partition coefficient (Wildman–Crippen LogP) is 1.94. The van der Waals surface area contributed by atoms with Crippen molar-refractivity contribution in [3.63, 3.8) is 0 Å². The topological polar surface area (TPSA) is 67.3 Å². The molecule has 0 amide bonds. The van der Waals surface area contributed by atoms with Gasteiger partial charge in [0.25, 0.3) is 0 Å². The lowest BCUT2D eigenvalue weighted by Gasteiger charge is -2.11. The van der Waals surface area contributed by atoms with Crippen LogP contribution in [0.1, 0.15) is 17.1 Å². The molecule has 5 heteroatoms. The van der Waals surface area contributed by atoms with E-state index in [9.17, 15) is 0 Å². The Balaban J connectivity index is 2.10. The average Bonchev–Trinajstić information content (AvgIpc) is 2.46. The van der Waals surface area contributed by atoms with Crippen molar-refractivity contribution in [3.8, 4) is 5.75 Å². The number of benzene rings is 1. The molecule has 1 heterocycles. The van der Waals surface area contributed by atoms with Gasteiger partial charge in [-0.3, -0.25) is 0 Å². The molecule has 0 aliphatic heterocycles. The predicted molar refractivity (Wildman–Crippen MR) is 77.9 cm³/mol. The minimum Gasteiger partial charge on any atom is -0.485 e. The Kier molecular flexibility index (Phi) is 4.90. The number of anilines is 1. The zero-order valence-corrected chi connectivity index (χ0v) is 11.8. The summed E-state index contributed by atoms with van der Waals surface area (Å²) < 4.78 is 5.77. The molecule has 5 nitrogen and oxygen atoms in total. The quantitative estimate of drug-likeness (QED) is 0.842. The molecule has 1 aromatic carbocycles. The molecule has 0 unspecified atom stereocenters. The van der Waals surface area contributed by atoms with Gasteiger partial charge in [-0.1, -0.05) is 18.2 Å². The molecular weight excluding hydrogens is 254 g/mol. The maximum Gasteiger partial charge on any atom is 0.168 e. The van der Waals surface area contributed by atoms with Gasteiger partial charge >= 0.3 is 0 Å². The van der Waals surface area contributed by atoms with E-state index >= 15 is 0 Å². The van der Waals surface area contributed by atoms with Crippen molar-refractivity contribution in [2.45, 2.75) is 20.0 Å². The third-order valence-electron chi connectivity index (χ3n) is 2.87. The summed E-state index contributed by atoms with van der Waals surface area (Å²) in [4.78, 5) is 8.69. The minimum absolute atomic E-state index is 0.102. The van der Waals surface area contributed by atoms with Crippen molar-refractivity contribution in [1.29, 1.82) is 0 Å². The van der Waals surface area contributed by atoms with Crippen LogP contribution in [0.25, 0.3) is 0 Å². The first-order chi connectivity index (χ1) is 9.72. The number of para-hydroxylation sites is 1. The number of hydrogen-bond acceptors (Lipinski definition) is 5. The van der Waals surface area contributed by atoms with E-state index < -0.39 is 0 Å². The van der Waals surface area contributed by atoms with Gasteiger partial charge in [0.1, 0.15) is 18.2 Å². The van der Waals surface area contributed by atoms with Crippen LogP contribution < -0.4 is 10.1 Å². The van der Waals surface area contributed by atoms with Gasteiger partial charge in [0.2, 0.25) is 0 Å². The van der Waals surface area contributed by atoms with Crippen LogP contribution in [0.15, 0.2) is 30.3 Å². The fourth-order valence-corrected chi connectivity index (χ4v) is 1.94. The Morgan fingerprint density at radius 3 is 2.80 bits per heavy atom. The van der Waals surface area contributed by atoms with Gasteiger partial charge in [-0.05, 0) is 25.0 Å². The maximum atomic E-state index is 9.05. The van der Waals surface area contributed by atoms with Crippen molar-refractivity contribution in [2.75, 3.05) is 19.0 Å². The molecule has 0 aliphatic rings. The summed E-state index contributed by atoms with van der Waals surface area (Å²) in [6.45, 7) is 2.33. The van der Waals surface area contributed by atoms with Gasteiger partial charge in [0, 0.05) is 25.4 Å². The highest BCUT2D eigenvalue weighted by molar-refractivity contribution is 5.35. The van der Waals surface area contributed by atoms with Gasteiger partial charge in [0.15, 0.2) is 5.82 Å². The monoisotopic (exact) mass is 273 g/mol. The van der Waals surface area contributed by atoms with Gasteiger partial charge < -0.3 is 15.2 Å². The Labute approximate surface area is 118 Å². The summed E-state index contributed by atoms with van der Waals surface area (Å²) in [6.07, 6.45) is 0.576. The molecule has 2 N–H and O–H groups in total. The summed E-state index contributed by atoms with van der Waals surface area (Å²) in [5, 5.41) is 12.0. The molecule has 106 valence electrons. The van der Waals surface area contributed by atoms with Crippen LogP contribution in [0.2, 0.25) is 0 Å². The summed E-state index contributed by atoms with van der Waals surface area (Å²) in [6, 6.07) is 9.55. The normalized spacial score (nSPS) is 10.3. The molecule has 0 spiro atoms. The first-order valence-electron chi connectivity index (χ1n) is 6.57. The van der Waals surface area contributed by atoms with Crippen LogP contribution >= 0.6 is 0 Å². The first kappa shape index (κ1) is 14.3. The van der Waals surface area contributed by atoms with E-state index in [2.05, 4.69) is 15.3 Å². The SMILES string of the molecule is CNc1cc(C)nc(COc2ccccc2CCO)n1. The van der Waals surface area contributed by atoms with Crippen molar-refractivity contribution in [2.24, 2.45) is 0 Å². The van der Waals surface area contributed by atoms with E-state index in [-0.39, 0.29) is 6.61 Å². The lowest BCUT2D eigenvalue weighted by Crippen LogP contribution is -2.06. The summed E-state index contributed by atoms with van der Waals surface area (Å²) in [7, 11) is 1.82. The molecule has 2 rings (SSSR count). The molecular formula is C15H19N3O2. The number of aliphatic hydroxyl groups excluding tert-OH is 1.